The molecule has 0 N–H and O–H groups in total. The first-order valence-corrected chi connectivity index (χ1v) is 10.6. The van der Waals surface area contributed by atoms with Crippen molar-refractivity contribution in [2.75, 3.05) is 21.3 Å². The molecule has 0 fully saturated rings. The van der Waals surface area contributed by atoms with Crippen LogP contribution in [0.3, 0.4) is 0 Å². The number of esters is 1. The van der Waals surface area contributed by atoms with Crippen LogP contribution in [0.2, 0.25) is 0 Å². The lowest BCUT2D eigenvalue weighted by atomic mass is 10.0. The standard InChI is InChI=1S/C27H27NO6/c1-30-19-24(27(29)32-3)23-12-8-7-11-22(23)18-33-26-15-21(13-14-25(26)31-2)16-28-34-17-20-9-5-4-6-10-20/h4-16,19H,17-18H2,1-3H3/b24-19-,28-16+. The number of hydrogen-bond donors (Lipinski definition) is 0. The van der Waals surface area contributed by atoms with E-state index >= 15 is 0 Å². The Bertz CT molecular complexity index is 1140. The van der Waals surface area contributed by atoms with Crippen molar-refractivity contribution in [2.24, 2.45) is 5.16 Å². The second kappa shape index (κ2) is 12.7. The number of carbonyl (C=O) groups is 1. The minimum Gasteiger partial charge on any atom is -0.503 e. The van der Waals surface area contributed by atoms with Gasteiger partial charge >= 0.3 is 5.97 Å². The van der Waals surface area contributed by atoms with Crippen LogP contribution < -0.4 is 9.47 Å². The van der Waals surface area contributed by atoms with Crippen molar-refractivity contribution >= 4 is 17.8 Å². The molecule has 0 atom stereocenters. The molecule has 7 heteroatoms. The fraction of sp³-hybridized carbons (Fsp3) is 0.185. The van der Waals surface area contributed by atoms with E-state index < -0.39 is 5.97 Å². The summed E-state index contributed by atoms with van der Waals surface area (Å²) in [6, 6.07) is 22.6. The van der Waals surface area contributed by atoms with Gasteiger partial charge in [-0.2, -0.15) is 0 Å². The molecule has 0 bridgehead atoms. The zero-order valence-electron chi connectivity index (χ0n) is 19.4. The lowest BCUT2D eigenvalue weighted by molar-refractivity contribution is -0.133. The summed E-state index contributed by atoms with van der Waals surface area (Å²) in [6.45, 7) is 0.570. The van der Waals surface area contributed by atoms with Gasteiger partial charge in [0.25, 0.3) is 0 Å². The van der Waals surface area contributed by atoms with E-state index in [1.807, 2.05) is 66.7 Å². The van der Waals surface area contributed by atoms with E-state index in [-0.39, 0.29) is 6.61 Å². The first kappa shape index (κ1) is 24.4. The second-order valence-electron chi connectivity index (χ2n) is 7.11. The zero-order chi connectivity index (χ0) is 24.2. The van der Waals surface area contributed by atoms with Gasteiger partial charge in [-0.1, -0.05) is 59.8 Å². The molecule has 3 aromatic carbocycles. The Hall–Kier alpha value is -4.26. The lowest BCUT2D eigenvalue weighted by Gasteiger charge is -2.14. The molecule has 0 unspecified atom stereocenters. The van der Waals surface area contributed by atoms with Crippen molar-refractivity contribution in [3.8, 4) is 11.5 Å². The first-order chi connectivity index (χ1) is 16.7. The van der Waals surface area contributed by atoms with Crippen LogP contribution in [0, 0.1) is 0 Å². The van der Waals surface area contributed by atoms with Crippen molar-refractivity contribution in [2.45, 2.75) is 13.2 Å². The Balaban J connectivity index is 1.74. The van der Waals surface area contributed by atoms with Crippen molar-refractivity contribution in [1.29, 1.82) is 0 Å². The number of rotatable bonds is 11. The molecule has 0 heterocycles. The molecular formula is C27H27NO6. The summed E-state index contributed by atoms with van der Waals surface area (Å²) >= 11 is 0. The fourth-order valence-corrected chi connectivity index (χ4v) is 3.18. The van der Waals surface area contributed by atoms with Crippen LogP contribution in [-0.4, -0.2) is 33.5 Å². The highest BCUT2D eigenvalue weighted by atomic mass is 16.6. The van der Waals surface area contributed by atoms with Crippen LogP contribution in [0.5, 0.6) is 11.5 Å². The summed E-state index contributed by atoms with van der Waals surface area (Å²) < 4.78 is 21.5. The molecule has 0 saturated heterocycles. The third kappa shape index (κ3) is 6.62. The van der Waals surface area contributed by atoms with Crippen LogP contribution in [0.4, 0.5) is 0 Å². The highest BCUT2D eigenvalue weighted by Gasteiger charge is 2.17. The van der Waals surface area contributed by atoms with E-state index in [1.54, 1.807) is 19.4 Å². The van der Waals surface area contributed by atoms with Gasteiger partial charge in [0.1, 0.15) is 18.8 Å². The number of oxime groups is 1. The van der Waals surface area contributed by atoms with E-state index in [0.717, 1.165) is 16.7 Å². The Morgan fingerprint density at radius 3 is 2.38 bits per heavy atom. The molecule has 0 aliphatic heterocycles. The van der Waals surface area contributed by atoms with Crippen molar-refractivity contribution in [3.63, 3.8) is 0 Å². The van der Waals surface area contributed by atoms with Crippen LogP contribution in [0.25, 0.3) is 5.57 Å². The minimum absolute atomic E-state index is 0.190. The van der Waals surface area contributed by atoms with Crippen LogP contribution >= 0.6 is 0 Å². The van der Waals surface area contributed by atoms with Gasteiger partial charge in [0.2, 0.25) is 0 Å². The highest BCUT2D eigenvalue weighted by Crippen LogP contribution is 2.30. The molecule has 34 heavy (non-hydrogen) atoms. The quantitative estimate of drug-likeness (QED) is 0.132. The monoisotopic (exact) mass is 461 g/mol. The van der Waals surface area contributed by atoms with Crippen LogP contribution in [0.1, 0.15) is 22.3 Å². The van der Waals surface area contributed by atoms with Gasteiger partial charge in [-0.05, 0) is 34.9 Å². The fourth-order valence-electron chi connectivity index (χ4n) is 3.18. The maximum atomic E-state index is 12.2. The Morgan fingerprint density at radius 1 is 0.882 bits per heavy atom. The number of methoxy groups -OCH3 is 3. The third-order valence-electron chi connectivity index (χ3n) is 4.87. The predicted octanol–water partition coefficient (Wildman–Crippen LogP) is 4.99. The van der Waals surface area contributed by atoms with Gasteiger partial charge in [-0.3, -0.25) is 0 Å². The summed E-state index contributed by atoms with van der Waals surface area (Å²) in [6.07, 6.45) is 2.97. The van der Waals surface area contributed by atoms with Gasteiger partial charge in [0.15, 0.2) is 11.5 Å². The average molecular weight is 462 g/mol. The van der Waals surface area contributed by atoms with Crippen molar-refractivity contribution in [3.05, 3.63) is 101 Å². The van der Waals surface area contributed by atoms with Gasteiger partial charge in [0, 0.05) is 5.56 Å². The number of hydrogen-bond acceptors (Lipinski definition) is 7. The maximum absolute atomic E-state index is 12.2. The molecule has 0 spiro atoms. The van der Waals surface area contributed by atoms with Gasteiger partial charge in [-0.15, -0.1) is 0 Å². The SMILES string of the molecule is CO/C=C(\C(=O)OC)c1ccccc1COc1cc(/C=N/OCc2ccccc2)ccc1OC. The largest absolute Gasteiger partial charge is 0.503 e. The summed E-state index contributed by atoms with van der Waals surface area (Å²) in [4.78, 5) is 17.6. The Labute approximate surface area is 199 Å². The first-order valence-electron chi connectivity index (χ1n) is 10.6. The van der Waals surface area contributed by atoms with Crippen molar-refractivity contribution < 1.29 is 28.6 Å². The molecule has 3 aromatic rings. The maximum Gasteiger partial charge on any atom is 0.341 e. The highest BCUT2D eigenvalue weighted by molar-refractivity contribution is 6.16. The summed E-state index contributed by atoms with van der Waals surface area (Å²) in [5, 5.41) is 4.04. The van der Waals surface area contributed by atoms with Crippen LogP contribution in [-0.2, 0) is 32.3 Å². The number of ether oxygens (including phenoxy) is 4. The molecule has 0 amide bonds. The second-order valence-corrected chi connectivity index (χ2v) is 7.11. The molecule has 0 aromatic heterocycles. The molecular weight excluding hydrogens is 434 g/mol. The van der Waals surface area contributed by atoms with Crippen LogP contribution in [0.15, 0.2) is 84.2 Å². The normalized spacial score (nSPS) is 11.2. The summed E-state index contributed by atoms with van der Waals surface area (Å²) in [5.74, 6) is 0.598. The summed E-state index contributed by atoms with van der Waals surface area (Å²) in [7, 11) is 4.37. The van der Waals surface area contributed by atoms with Crippen molar-refractivity contribution in [1.82, 2.24) is 0 Å². The van der Waals surface area contributed by atoms with E-state index in [9.17, 15) is 4.79 Å². The lowest BCUT2D eigenvalue weighted by Crippen LogP contribution is -2.08. The van der Waals surface area contributed by atoms with E-state index in [1.165, 1.54) is 20.5 Å². The van der Waals surface area contributed by atoms with E-state index in [4.69, 9.17) is 23.8 Å². The number of nitrogens with zero attached hydrogens (tertiary/aromatic N) is 1. The molecule has 7 nitrogen and oxygen atoms in total. The van der Waals surface area contributed by atoms with E-state index in [0.29, 0.717) is 29.2 Å². The Kier molecular flexibility index (Phi) is 9.10. The van der Waals surface area contributed by atoms with Gasteiger partial charge in [-0.25, -0.2) is 4.79 Å². The summed E-state index contributed by atoms with van der Waals surface area (Å²) in [5.41, 5.74) is 3.55. The molecule has 176 valence electrons. The number of carbonyl (C=O) groups excluding carboxylic acids is 1. The smallest absolute Gasteiger partial charge is 0.341 e. The molecule has 0 aliphatic rings. The topological polar surface area (TPSA) is 75.6 Å². The van der Waals surface area contributed by atoms with Gasteiger partial charge < -0.3 is 23.8 Å². The van der Waals surface area contributed by atoms with E-state index in [2.05, 4.69) is 5.16 Å². The average Bonchev–Trinajstić information content (AvgIpc) is 2.89. The minimum atomic E-state index is -0.499. The predicted molar refractivity (Wildman–Crippen MR) is 130 cm³/mol. The molecule has 0 aliphatic carbocycles. The molecule has 3 rings (SSSR count). The zero-order valence-corrected chi connectivity index (χ0v) is 19.4. The molecule has 0 saturated carbocycles. The Morgan fingerprint density at radius 2 is 1.65 bits per heavy atom. The number of benzene rings is 3. The third-order valence-corrected chi connectivity index (χ3v) is 4.87. The molecule has 0 radical (unpaired) electrons. The van der Waals surface area contributed by atoms with Gasteiger partial charge in [0.05, 0.1) is 33.8 Å².